The highest BCUT2D eigenvalue weighted by atomic mass is 35.5. The van der Waals surface area contributed by atoms with E-state index in [1.165, 1.54) is 0 Å². The smallest absolute Gasteiger partial charge is 0.162 e. The van der Waals surface area contributed by atoms with Crippen LogP contribution in [0.15, 0.2) is 41.6 Å². The Bertz CT molecular complexity index is 438. The molecule has 1 aromatic carbocycles. The molecule has 0 spiro atoms. The normalized spacial score (nSPS) is 26.1. The number of carbonyl (C=O) groups excluding carboxylic acids is 1. The van der Waals surface area contributed by atoms with Crippen LogP contribution >= 0.6 is 11.6 Å². The van der Waals surface area contributed by atoms with E-state index in [9.17, 15) is 4.79 Å². The van der Waals surface area contributed by atoms with Gasteiger partial charge in [-0.15, -0.1) is 11.6 Å². The van der Waals surface area contributed by atoms with Crippen molar-refractivity contribution >= 4 is 17.4 Å². The van der Waals surface area contributed by atoms with Crippen molar-refractivity contribution in [2.75, 3.05) is 0 Å². The van der Waals surface area contributed by atoms with Gasteiger partial charge in [0.2, 0.25) is 0 Å². The van der Waals surface area contributed by atoms with Crippen LogP contribution in [0.3, 0.4) is 0 Å². The molecule has 2 nitrogen and oxygen atoms in total. The Morgan fingerprint density at radius 2 is 1.93 bits per heavy atom. The summed E-state index contributed by atoms with van der Waals surface area (Å²) in [6, 6.07) is 9.49. The first-order chi connectivity index (χ1) is 7.05. The molecule has 0 heterocycles. The highest BCUT2D eigenvalue weighted by molar-refractivity contribution is 6.29. The molecule has 78 valence electrons. The van der Waals surface area contributed by atoms with Crippen LogP contribution in [0.5, 0.6) is 0 Å². The number of ketones is 1. The number of hydrogen-bond donors (Lipinski definition) is 1. The summed E-state index contributed by atoms with van der Waals surface area (Å²) >= 11 is 6.43. The average molecular weight is 222 g/mol. The third-order valence-electron chi connectivity index (χ3n) is 2.88. The minimum absolute atomic E-state index is 0.0337. The molecule has 0 amide bonds. The van der Waals surface area contributed by atoms with E-state index in [0.29, 0.717) is 11.3 Å². The first kappa shape index (κ1) is 10.2. The maximum atomic E-state index is 11.6. The van der Waals surface area contributed by atoms with Crippen LogP contribution in [0.25, 0.3) is 0 Å². The molecule has 2 N–H and O–H groups in total. The number of halogens is 1. The summed E-state index contributed by atoms with van der Waals surface area (Å²) in [6.07, 6.45) is 0.260. The number of Topliss-reactive ketones (excluding diaryl/α,β-unsaturated/α-hetero) is 1. The Balaban J connectivity index is 2.51. The lowest BCUT2D eigenvalue weighted by Gasteiger charge is -2.22. The van der Waals surface area contributed by atoms with Gasteiger partial charge in [0.1, 0.15) is 4.87 Å². The Kier molecular flexibility index (Phi) is 2.31. The number of allylic oxidation sites excluding steroid dienone is 2. The molecule has 0 aromatic heterocycles. The lowest BCUT2D eigenvalue weighted by atomic mass is 9.95. The molecule has 1 atom stereocenters. The molecular formula is C12H12ClNO. The lowest BCUT2D eigenvalue weighted by molar-refractivity contribution is -0.115. The number of hydrogen-bond acceptors (Lipinski definition) is 2. The van der Waals surface area contributed by atoms with Crippen molar-refractivity contribution < 1.29 is 4.79 Å². The van der Waals surface area contributed by atoms with E-state index in [-0.39, 0.29) is 12.2 Å². The average Bonchev–Trinajstić information content (AvgIpc) is 2.45. The highest BCUT2D eigenvalue weighted by Gasteiger charge is 2.42. The van der Waals surface area contributed by atoms with E-state index in [4.69, 9.17) is 17.3 Å². The minimum atomic E-state index is -0.831. The van der Waals surface area contributed by atoms with Gasteiger partial charge >= 0.3 is 0 Å². The van der Waals surface area contributed by atoms with Gasteiger partial charge in [0.05, 0.1) is 0 Å². The molecule has 1 aromatic rings. The molecule has 0 radical (unpaired) electrons. The molecule has 0 bridgehead atoms. The van der Waals surface area contributed by atoms with Crippen molar-refractivity contribution in [2.24, 2.45) is 5.73 Å². The van der Waals surface area contributed by atoms with Crippen LogP contribution < -0.4 is 5.73 Å². The molecule has 1 aliphatic rings. The van der Waals surface area contributed by atoms with Gasteiger partial charge in [0.15, 0.2) is 5.78 Å². The van der Waals surface area contributed by atoms with Crippen molar-refractivity contribution in [2.45, 2.75) is 18.2 Å². The highest BCUT2D eigenvalue weighted by Crippen LogP contribution is 2.44. The number of rotatable bonds is 1. The Labute approximate surface area is 93.7 Å². The largest absolute Gasteiger partial charge is 0.400 e. The van der Waals surface area contributed by atoms with E-state index >= 15 is 0 Å². The summed E-state index contributed by atoms with van der Waals surface area (Å²) in [6.45, 7) is 1.73. The van der Waals surface area contributed by atoms with Crippen LogP contribution in [0.1, 0.15) is 18.9 Å². The van der Waals surface area contributed by atoms with Crippen molar-refractivity contribution in [3.8, 4) is 0 Å². The van der Waals surface area contributed by atoms with E-state index < -0.39 is 4.87 Å². The van der Waals surface area contributed by atoms with Gasteiger partial charge in [0, 0.05) is 17.7 Å². The number of alkyl halides is 1. The SMILES string of the molecule is CC1=C(N)C(Cl)(c2ccccc2)CC1=O. The van der Waals surface area contributed by atoms with Crippen molar-refractivity contribution in [1.29, 1.82) is 0 Å². The molecule has 0 fully saturated rings. The Morgan fingerprint density at radius 1 is 1.33 bits per heavy atom. The second-order valence-corrected chi connectivity index (χ2v) is 4.45. The monoisotopic (exact) mass is 221 g/mol. The first-order valence-corrected chi connectivity index (χ1v) is 5.18. The third-order valence-corrected chi connectivity index (χ3v) is 3.44. The van der Waals surface area contributed by atoms with Crippen molar-refractivity contribution in [3.63, 3.8) is 0 Å². The van der Waals surface area contributed by atoms with Gasteiger partial charge in [-0.05, 0) is 12.5 Å². The van der Waals surface area contributed by atoms with Gasteiger partial charge in [-0.1, -0.05) is 30.3 Å². The minimum Gasteiger partial charge on any atom is -0.400 e. The molecular weight excluding hydrogens is 210 g/mol. The zero-order chi connectivity index (χ0) is 11.1. The van der Waals surface area contributed by atoms with E-state index in [1.54, 1.807) is 6.92 Å². The van der Waals surface area contributed by atoms with Gasteiger partial charge in [-0.25, -0.2) is 0 Å². The van der Waals surface area contributed by atoms with Crippen LogP contribution in [-0.4, -0.2) is 5.78 Å². The standard InChI is InChI=1S/C12H12ClNO/c1-8-10(15)7-12(13,11(8)14)9-5-3-2-4-6-9/h2-6H,7,14H2,1H3. The third kappa shape index (κ3) is 1.45. The van der Waals surface area contributed by atoms with Crippen LogP contribution in [0.2, 0.25) is 0 Å². The number of carbonyl (C=O) groups is 1. The lowest BCUT2D eigenvalue weighted by Crippen LogP contribution is -2.23. The van der Waals surface area contributed by atoms with E-state index in [2.05, 4.69) is 0 Å². The zero-order valence-corrected chi connectivity index (χ0v) is 9.21. The first-order valence-electron chi connectivity index (χ1n) is 4.80. The van der Waals surface area contributed by atoms with Gasteiger partial charge in [-0.2, -0.15) is 0 Å². The summed E-state index contributed by atoms with van der Waals surface area (Å²) in [5.74, 6) is 0.0337. The predicted octanol–water partition coefficient (Wildman–Crippen LogP) is 2.33. The molecule has 0 saturated carbocycles. The van der Waals surface area contributed by atoms with Crippen LogP contribution in [-0.2, 0) is 9.67 Å². The van der Waals surface area contributed by atoms with Crippen molar-refractivity contribution in [3.05, 3.63) is 47.2 Å². The fraction of sp³-hybridized carbons (Fsp3) is 0.250. The summed E-state index contributed by atoms with van der Waals surface area (Å²) < 4.78 is 0. The second kappa shape index (κ2) is 3.38. The van der Waals surface area contributed by atoms with Gasteiger partial charge < -0.3 is 5.73 Å². The molecule has 15 heavy (non-hydrogen) atoms. The van der Waals surface area contributed by atoms with Crippen LogP contribution in [0.4, 0.5) is 0 Å². The molecule has 2 rings (SSSR count). The van der Waals surface area contributed by atoms with Gasteiger partial charge in [0.25, 0.3) is 0 Å². The summed E-state index contributed by atoms with van der Waals surface area (Å²) in [5, 5.41) is 0. The maximum absolute atomic E-state index is 11.6. The van der Waals surface area contributed by atoms with Gasteiger partial charge in [-0.3, -0.25) is 4.79 Å². The number of nitrogens with two attached hydrogens (primary N) is 1. The van der Waals surface area contributed by atoms with E-state index in [0.717, 1.165) is 5.56 Å². The summed E-state index contributed by atoms with van der Waals surface area (Å²) in [5.41, 5.74) is 7.87. The predicted molar refractivity (Wildman–Crippen MR) is 60.5 cm³/mol. The summed E-state index contributed by atoms with van der Waals surface area (Å²) in [7, 11) is 0. The Hall–Kier alpha value is -1.28. The molecule has 0 saturated heterocycles. The maximum Gasteiger partial charge on any atom is 0.162 e. The fourth-order valence-electron chi connectivity index (χ4n) is 1.86. The zero-order valence-electron chi connectivity index (χ0n) is 8.46. The quantitative estimate of drug-likeness (QED) is 0.740. The molecule has 1 unspecified atom stereocenters. The fourth-order valence-corrected chi connectivity index (χ4v) is 2.25. The van der Waals surface area contributed by atoms with Crippen molar-refractivity contribution in [1.82, 2.24) is 0 Å². The Morgan fingerprint density at radius 3 is 2.40 bits per heavy atom. The topological polar surface area (TPSA) is 43.1 Å². The molecule has 3 heteroatoms. The van der Waals surface area contributed by atoms with E-state index in [1.807, 2.05) is 30.3 Å². The molecule has 0 aliphatic heterocycles. The summed E-state index contributed by atoms with van der Waals surface area (Å²) in [4.78, 5) is 10.7. The molecule has 1 aliphatic carbocycles. The second-order valence-electron chi connectivity index (χ2n) is 3.81. The van der Waals surface area contributed by atoms with Crippen LogP contribution in [0, 0.1) is 0 Å². The number of benzene rings is 1.